The Balaban J connectivity index is 2.28. The van der Waals surface area contributed by atoms with Crippen LogP contribution in [0, 0.1) is 0 Å². The van der Waals surface area contributed by atoms with E-state index in [1.165, 1.54) is 5.56 Å². The summed E-state index contributed by atoms with van der Waals surface area (Å²) in [4.78, 5) is 10.7. The van der Waals surface area contributed by atoms with Gasteiger partial charge in [-0.2, -0.15) is 0 Å². The minimum Gasteiger partial charge on any atom is -0.298 e. The Labute approximate surface area is 99.7 Å². The van der Waals surface area contributed by atoms with Crippen molar-refractivity contribution in [1.29, 1.82) is 0 Å². The van der Waals surface area contributed by atoms with Gasteiger partial charge in [0.25, 0.3) is 0 Å². The fourth-order valence-electron chi connectivity index (χ4n) is 1.68. The van der Waals surface area contributed by atoms with Gasteiger partial charge in [-0.15, -0.1) is 0 Å². The summed E-state index contributed by atoms with van der Waals surface area (Å²) in [6.07, 6.45) is 1.61. The van der Waals surface area contributed by atoms with Gasteiger partial charge in [0.15, 0.2) is 0 Å². The second-order valence-corrected chi connectivity index (χ2v) is 4.11. The van der Waals surface area contributed by atoms with E-state index < -0.39 is 0 Å². The first-order valence-corrected chi connectivity index (χ1v) is 5.44. The van der Waals surface area contributed by atoms with E-state index in [-0.39, 0.29) is 0 Å². The molecule has 2 aromatic rings. The van der Waals surface area contributed by atoms with Crippen molar-refractivity contribution < 1.29 is 4.79 Å². The highest BCUT2D eigenvalue weighted by Gasteiger charge is 2.00. The van der Waals surface area contributed by atoms with E-state index in [1.54, 1.807) is 6.07 Å². The molecule has 0 heterocycles. The summed E-state index contributed by atoms with van der Waals surface area (Å²) in [5.74, 6) is 0. The van der Waals surface area contributed by atoms with E-state index in [0.29, 0.717) is 10.6 Å². The average Bonchev–Trinajstić information content (AvgIpc) is 2.29. The number of rotatable bonds is 3. The highest BCUT2D eigenvalue weighted by Crippen LogP contribution is 2.17. The topological polar surface area (TPSA) is 17.1 Å². The molecule has 0 saturated carbocycles. The van der Waals surface area contributed by atoms with Crippen molar-refractivity contribution in [3.8, 4) is 0 Å². The third kappa shape index (κ3) is 2.71. The second-order valence-electron chi connectivity index (χ2n) is 3.67. The fraction of sp³-hybridized carbons (Fsp3) is 0.0714. The zero-order valence-corrected chi connectivity index (χ0v) is 9.45. The Morgan fingerprint density at radius 3 is 2.44 bits per heavy atom. The molecule has 2 heteroatoms. The van der Waals surface area contributed by atoms with E-state index >= 15 is 0 Å². The molecule has 0 N–H and O–H groups in total. The SMILES string of the molecule is O=Cc1cc(Cl)cc(Cc2ccccc2)c1. The largest absolute Gasteiger partial charge is 0.298 e. The Morgan fingerprint density at radius 2 is 1.75 bits per heavy atom. The van der Waals surface area contributed by atoms with Crippen LogP contribution in [0.4, 0.5) is 0 Å². The standard InChI is InChI=1S/C14H11ClO/c15-14-8-12(7-13(9-14)10-16)6-11-4-2-1-3-5-11/h1-5,7-10H,6H2. The molecule has 0 saturated heterocycles. The lowest BCUT2D eigenvalue weighted by atomic mass is 10.0. The minimum atomic E-state index is 0.607. The second kappa shape index (κ2) is 4.95. The first-order chi connectivity index (χ1) is 7.78. The van der Waals surface area contributed by atoms with Crippen molar-refractivity contribution in [2.24, 2.45) is 0 Å². The molecule has 0 fully saturated rings. The molecule has 2 aromatic carbocycles. The maximum atomic E-state index is 10.7. The number of benzene rings is 2. The number of hydrogen-bond donors (Lipinski definition) is 0. The van der Waals surface area contributed by atoms with Crippen LogP contribution in [-0.4, -0.2) is 6.29 Å². The summed E-state index contributed by atoms with van der Waals surface area (Å²) in [5, 5.41) is 0.607. The molecular weight excluding hydrogens is 220 g/mol. The number of hydrogen-bond acceptors (Lipinski definition) is 1. The van der Waals surface area contributed by atoms with Crippen LogP contribution in [0.15, 0.2) is 48.5 Å². The van der Waals surface area contributed by atoms with Crippen LogP contribution >= 0.6 is 11.6 Å². The highest BCUT2D eigenvalue weighted by atomic mass is 35.5. The van der Waals surface area contributed by atoms with Gasteiger partial charge in [-0.1, -0.05) is 41.9 Å². The summed E-state index contributed by atoms with van der Waals surface area (Å²) >= 11 is 5.94. The number of halogens is 1. The summed E-state index contributed by atoms with van der Waals surface area (Å²) < 4.78 is 0. The fourth-order valence-corrected chi connectivity index (χ4v) is 1.94. The predicted octanol–water partition coefficient (Wildman–Crippen LogP) is 3.74. The number of aldehydes is 1. The van der Waals surface area contributed by atoms with Crippen molar-refractivity contribution in [3.63, 3.8) is 0 Å². The summed E-state index contributed by atoms with van der Waals surface area (Å²) in [7, 11) is 0. The van der Waals surface area contributed by atoms with Crippen molar-refractivity contribution >= 4 is 17.9 Å². The van der Waals surface area contributed by atoms with Crippen molar-refractivity contribution in [2.75, 3.05) is 0 Å². The van der Waals surface area contributed by atoms with Crippen LogP contribution in [0.3, 0.4) is 0 Å². The Morgan fingerprint density at radius 1 is 1.00 bits per heavy atom. The maximum absolute atomic E-state index is 10.7. The monoisotopic (exact) mass is 230 g/mol. The molecule has 0 aliphatic heterocycles. The van der Waals surface area contributed by atoms with Gasteiger partial charge in [0, 0.05) is 10.6 Å². The third-order valence-electron chi connectivity index (χ3n) is 2.37. The smallest absolute Gasteiger partial charge is 0.150 e. The summed E-state index contributed by atoms with van der Waals surface area (Å²) in [6, 6.07) is 15.5. The molecule has 0 aromatic heterocycles. The summed E-state index contributed by atoms with van der Waals surface area (Å²) in [6.45, 7) is 0. The van der Waals surface area contributed by atoms with Gasteiger partial charge >= 0.3 is 0 Å². The Bertz CT molecular complexity index is 491. The van der Waals surface area contributed by atoms with Crippen LogP contribution in [0.1, 0.15) is 21.5 Å². The van der Waals surface area contributed by atoms with E-state index in [0.717, 1.165) is 18.3 Å². The summed E-state index contributed by atoms with van der Waals surface area (Å²) in [5.41, 5.74) is 2.89. The predicted molar refractivity (Wildman–Crippen MR) is 66.1 cm³/mol. The lowest BCUT2D eigenvalue weighted by molar-refractivity contribution is 0.112. The lowest BCUT2D eigenvalue weighted by Gasteiger charge is -2.03. The number of carbonyl (C=O) groups excluding carboxylic acids is 1. The first kappa shape index (κ1) is 10.9. The molecule has 80 valence electrons. The molecule has 0 spiro atoms. The molecule has 0 unspecified atom stereocenters. The van der Waals surface area contributed by atoms with Gasteiger partial charge in [0.05, 0.1) is 0 Å². The van der Waals surface area contributed by atoms with Crippen LogP contribution in [0.2, 0.25) is 5.02 Å². The molecule has 2 rings (SSSR count). The van der Waals surface area contributed by atoms with Crippen LogP contribution in [-0.2, 0) is 6.42 Å². The van der Waals surface area contributed by atoms with Gasteiger partial charge in [0.2, 0.25) is 0 Å². The van der Waals surface area contributed by atoms with Crippen molar-refractivity contribution in [1.82, 2.24) is 0 Å². The van der Waals surface area contributed by atoms with Gasteiger partial charge in [-0.3, -0.25) is 4.79 Å². The molecule has 0 radical (unpaired) electrons. The highest BCUT2D eigenvalue weighted by molar-refractivity contribution is 6.30. The van der Waals surface area contributed by atoms with Crippen molar-refractivity contribution in [2.45, 2.75) is 6.42 Å². The number of carbonyl (C=O) groups is 1. The quantitative estimate of drug-likeness (QED) is 0.734. The maximum Gasteiger partial charge on any atom is 0.150 e. The van der Waals surface area contributed by atoms with Gasteiger partial charge in [-0.25, -0.2) is 0 Å². The molecule has 0 aliphatic carbocycles. The molecule has 0 amide bonds. The zero-order valence-electron chi connectivity index (χ0n) is 8.69. The van der Waals surface area contributed by atoms with E-state index in [4.69, 9.17) is 11.6 Å². The molecule has 16 heavy (non-hydrogen) atoms. The van der Waals surface area contributed by atoms with Crippen LogP contribution in [0.5, 0.6) is 0 Å². The Kier molecular flexibility index (Phi) is 3.37. The minimum absolute atomic E-state index is 0.607. The molecule has 0 aliphatic rings. The van der Waals surface area contributed by atoms with E-state index in [9.17, 15) is 4.79 Å². The van der Waals surface area contributed by atoms with Crippen molar-refractivity contribution in [3.05, 3.63) is 70.2 Å². The van der Waals surface area contributed by atoms with E-state index in [2.05, 4.69) is 12.1 Å². The van der Waals surface area contributed by atoms with Crippen LogP contribution in [0.25, 0.3) is 0 Å². The van der Waals surface area contributed by atoms with Crippen LogP contribution < -0.4 is 0 Å². The van der Waals surface area contributed by atoms with Gasteiger partial charge < -0.3 is 0 Å². The molecule has 0 bridgehead atoms. The van der Waals surface area contributed by atoms with Gasteiger partial charge in [0.1, 0.15) is 6.29 Å². The zero-order chi connectivity index (χ0) is 11.4. The average molecular weight is 231 g/mol. The first-order valence-electron chi connectivity index (χ1n) is 5.06. The van der Waals surface area contributed by atoms with E-state index in [1.807, 2.05) is 30.3 Å². The lowest BCUT2D eigenvalue weighted by Crippen LogP contribution is -1.90. The normalized spacial score (nSPS) is 10.1. The molecule has 1 nitrogen and oxygen atoms in total. The third-order valence-corrected chi connectivity index (χ3v) is 2.59. The molecular formula is C14H11ClO. The Hall–Kier alpha value is -1.60. The van der Waals surface area contributed by atoms with Gasteiger partial charge in [-0.05, 0) is 35.7 Å². The molecule has 0 atom stereocenters.